The van der Waals surface area contributed by atoms with Crippen LogP contribution in [0.25, 0.3) is 0 Å². The van der Waals surface area contributed by atoms with Crippen molar-refractivity contribution < 1.29 is 22.3 Å². The molecule has 116 valence electrons. The van der Waals surface area contributed by atoms with E-state index >= 15 is 0 Å². The van der Waals surface area contributed by atoms with Crippen molar-refractivity contribution >= 4 is 21.8 Å². The maximum absolute atomic E-state index is 13.7. The van der Waals surface area contributed by atoms with E-state index in [-0.39, 0.29) is 31.9 Å². The fourth-order valence-corrected chi connectivity index (χ4v) is 3.62. The lowest BCUT2D eigenvalue weighted by Crippen LogP contribution is -2.50. The van der Waals surface area contributed by atoms with Gasteiger partial charge in [-0.2, -0.15) is 4.31 Å². The third-order valence-corrected chi connectivity index (χ3v) is 5.16. The Morgan fingerprint density at radius 3 is 2.48 bits per heavy atom. The van der Waals surface area contributed by atoms with Crippen LogP contribution in [0.4, 0.5) is 14.9 Å². The maximum Gasteiger partial charge on any atom is 0.409 e. The van der Waals surface area contributed by atoms with Gasteiger partial charge in [-0.3, -0.25) is 0 Å². The van der Waals surface area contributed by atoms with E-state index in [1.165, 1.54) is 18.1 Å². The van der Waals surface area contributed by atoms with Crippen LogP contribution in [0.3, 0.4) is 0 Å². The number of hydrogen-bond acceptors (Lipinski definition) is 5. The van der Waals surface area contributed by atoms with Crippen molar-refractivity contribution in [3.8, 4) is 0 Å². The highest BCUT2D eigenvalue weighted by molar-refractivity contribution is 7.89. The number of nitrogen functional groups attached to an aromatic ring is 1. The summed E-state index contributed by atoms with van der Waals surface area (Å²) < 4.78 is 44.2. The van der Waals surface area contributed by atoms with Crippen LogP contribution in [0, 0.1) is 5.82 Å². The van der Waals surface area contributed by atoms with Gasteiger partial charge in [0.15, 0.2) is 0 Å². The summed E-state index contributed by atoms with van der Waals surface area (Å²) >= 11 is 0. The van der Waals surface area contributed by atoms with Crippen molar-refractivity contribution in [1.82, 2.24) is 9.21 Å². The molecule has 1 aliphatic heterocycles. The molecule has 1 fully saturated rings. The molecular formula is C12H16FN3O4S. The molecule has 0 bridgehead atoms. The number of piperazine rings is 1. The molecule has 2 N–H and O–H groups in total. The Labute approximate surface area is 122 Å². The van der Waals surface area contributed by atoms with Gasteiger partial charge in [0, 0.05) is 31.9 Å². The van der Waals surface area contributed by atoms with Gasteiger partial charge in [0.05, 0.1) is 7.11 Å². The molecule has 1 saturated heterocycles. The van der Waals surface area contributed by atoms with Crippen molar-refractivity contribution in [2.24, 2.45) is 0 Å². The average molecular weight is 317 g/mol. The second-order valence-corrected chi connectivity index (χ2v) is 6.46. The average Bonchev–Trinajstić information content (AvgIpc) is 2.49. The molecule has 21 heavy (non-hydrogen) atoms. The molecule has 1 aliphatic rings. The van der Waals surface area contributed by atoms with Crippen LogP contribution < -0.4 is 5.73 Å². The molecule has 7 nitrogen and oxygen atoms in total. The summed E-state index contributed by atoms with van der Waals surface area (Å²) in [7, 11) is -2.71. The van der Waals surface area contributed by atoms with E-state index in [0.29, 0.717) is 0 Å². The normalized spacial score (nSPS) is 16.8. The zero-order valence-corrected chi connectivity index (χ0v) is 12.3. The highest BCUT2D eigenvalue weighted by Crippen LogP contribution is 2.22. The molecule has 0 spiro atoms. The van der Waals surface area contributed by atoms with Gasteiger partial charge < -0.3 is 15.4 Å². The second-order valence-electron chi connectivity index (χ2n) is 4.55. The van der Waals surface area contributed by atoms with Crippen LogP contribution in [0.1, 0.15) is 0 Å². The molecule has 1 amide bonds. The number of nitrogens with zero attached hydrogens (tertiary/aromatic N) is 2. The molecule has 0 saturated carbocycles. The minimum atomic E-state index is -3.97. The first-order valence-corrected chi connectivity index (χ1v) is 7.68. The number of carbonyl (C=O) groups is 1. The summed E-state index contributed by atoms with van der Waals surface area (Å²) in [6.45, 7) is 0.531. The SMILES string of the molecule is COC(=O)N1CCN(S(=O)(=O)c2cc(N)ccc2F)CC1. The third kappa shape index (κ3) is 3.08. The van der Waals surface area contributed by atoms with Crippen LogP contribution in [0.2, 0.25) is 0 Å². The standard InChI is InChI=1S/C12H16FN3O4S/c1-20-12(17)15-4-6-16(7-5-15)21(18,19)11-8-9(14)2-3-10(11)13/h2-3,8H,4-7,14H2,1H3. The molecule has 0 radical (unpaired) electrons. The molecule has 0 unspecified atom stereocenters. The predicted octanol–water partition coefficient (Wildman–Crippen LogP) is 0.481. The van der Waals surface area contributed by atoms with E-state index in [2.05, 4.69) is 4.74 Å². The van der Waals surface area contributed by atoms with Crippen LogP contribution in [-0.2, 0) is 14.8 Å². The number of benzene rings is 1. The highest BCUT2D eigenvalue weighted by Gasteiger charge is 2.32. The van der Waals surface area contributed by atoms with Gasteiger partial charge in [-0.15, -0.1) is 0 Å². The summed E-state index contributed by atoms with van der Waals surface area (Å²) in [5.41, 5.74) is 5.68. The lowest BCUT2D eigenvalue weighted by molar-refractivity contribution is 0.108. The number of rotatable bonds is 2. The topological polar surface area (TPSA) is 92.9 Å². The first-order valence-electron chi connectivity index (χ1n) is 6.24. The van der Waals surface area contributed by atoms with Gasteiger partial charge in [-0.1, -0.05) is 0 Å². The quantitative estimate of drug-likeness (QED) is 0.801. The maximum atomic E-state index is 13.7. The van der Waals surface area contributed by atoms with Gasteiger partial charge in [0.1, 0.15) is 10.7 Å². The van der Waals surface area contributed by atoms with Crippen molar-refractivity contribution in [1.29, 1.82) is 0 Å². The number of sulfonamides is 1. The number of methoxy groups -OCH3 is 1. The van der Waals surface area contributed by atoms with Crippen LogP contribution in [0.15, 0.2) is 23.1 Å². The molecule has 9 heteroatoms. The lowest BCUT2D eigenvalue weighted by Gasteiger charge is -2.33. The Kier molecular flexibility index (Phi) is 4.33. The molecule has 0 aliphatic carbocycles. The van der Waals surface area contributed by atoms with Gasteiger partial charge in [-0.05, 0) is 18.2 Å². The van der Waals surface area contributed by atoms with Crippen molar-refractivity contribution in [2.45, 2.75) is 4.90 Å². The van der Waals surface area contributed by atoms with E-state index < -0.39 is 26.8 Å². The van der Waals surface area contributed by atoms with Crippen molar-refractivity contribution in [3.05, 3.63) is 24.0 Å². The fourth-order valence-electron chi connectivity index (χ4n) is 2.10. The van der Waals surface area contributed by atoms with E-state index in [1.54, 1.807) is 0 Å². The predicted molar refractivity (Wildman–Crippen MR) is 73.5 cm³/mol. The Morgan fingerprint density at radius 1 is 1.29 bits per heavy atom. The number of carbonyl (C=O) groups excluding carboxylic acids is 1. The minimum Gasteiger partial charge on any atom is -0.453 e. The summed E-state index contributed by atoms with van der Waals surface area (Å²) in [5, 5.41) is 0. The monoisotopic (exact) mass is 317 g/mol. The zero-order valence-electron chi connectivity index (χ0n) is 11.5. The van der Waals surface area contributed by atoms with E-state index in [1.807, 2.05) is 0 Å². The molecular weight excluding hydrogens is 301 g/mol. The number of ether oxygens (including phenoxy) is 1. The summed E-state index contributed by atoms with van der Waals surface area (Å²) in [6.07, 6.45) is -0.512. The van der Waals surface area contributed by atoms with Gasteiger partial charge in [0.25, 0.3) is 0 Å². The molecule has 0 aromatic heterocycles. The first kappa shape index (κ1) is 15.5. The molecule has 1 aromatic carbocycles. The number of nitrogens with two attached hydrogens (primary N) is 1. The third-order valence-electron chi connectivity index (χ3n) is 3.24. The molecule has 1 heterocycles. The zero-order chi connectivity index (χ0) is 15.6. The Morgan fingerprint density at radius 2 is 1.90 bits per heavy atom. The summed E-state index contributed by atoms with van der Waals surface area (Å²) in [6, 6.07) is 3.41. The molecule has 0 atom stereocenters. The van der Waals surface area contributed by atoms with E-state index in [4.69, 9.17) is 5.73 Å². The summed E-state index contributed by atoms with van der Waals surface area (Å²) in [5.74, 6) is -0.848. The first-order chi connectivity index (χ1) is 9.86. The van der Waals surface area contributed by atoms with Gasteiger partial charge in [0.2, 0.25) is 10.0 Å². The van der Waals surface area contributed by atoms with Crippen LogP contribution in [0.5, 0.6) is 0 Å². The fraction of sp³-hybridized carbons (Fsp3) is 0.417. The van der Waals surface area contributed by atoms with E-state index in [9.17, 15) is 17.6 Å². The number of hydrogen-bond donors (Lipinski definition) is 1. The minimum absolute atomic E-state index is 0.0751. The smallest absolute Gasteiger partial charge is 0.409 e. The second kappa shape index (κ2) is 5.86. The highest BCUT2D eigenvalue weighted by atomic mass is 32.2. The van der Waals surface area contributed by atoms with Crippen LogP contribution >= 0.6 is 0 Å². The number of anilines is 1. The Balaban J connectivity index is 2.19. The summed E-state index contributed by atoms with van der Waals surface area (Å²) in [4.78, 5) is 12.3. The number of halogens is 1. The van der Waals surface area contributed by atoms with Crippen molar-refractivity contribution in [2.75, 3.05) is 39.0 Å². The number of amides is 1. The largest absolute Gasteiger partial charge is 0.453 e. The van der Waals surface area contributed by atoms with Gasteiger partial charge in [-0.25, -0.2) is 17.6 Å². The van der Waals surface area contributed by atoms with Crippen molar-refractivity contribution in [3.63, 3.8) is 0 Å². The van der Waals surface area contributed by atoms with E-state index in [0.717, 1.165) is 16.4 Å². The van der Waals surface area contributed by atoms with Gasteiger partial charge >= 0.3 is 6.09 Å². The lowest BCUT2D eigenvalue weighted by atomic mass is 10.3. The Hall–Kier alpha value is -1.87. The van der Waals surface area contributed by atoms with Crippen LogP contribution in [-0.4, -0.2) is 57.0 Å². The molecule has 1 aromatic rings. The Bertz CT molecular complexity index is 642. The molecule has 2 rings (SSSR count).